The first kappa shape index (κ1) is 26.5. The van der Waals surface area contributed by atoms with Crippen LogP contribution in [-0.2, 0) is 0 Å². The van der Waals surface area contributed by atoms with E-state index >= 15 is 0 Å². The second-order valence-corrected chi connectivity index (χ2v) is 9.54. The van der Waals surface area contributed by atoms with Gasteiger partial charge in [-0.15, -0.1) is 0 Å². The highest BCUT2D eigenvalue weighted by Crippen LogP contribution is 2.42. The van der Waals surface area contributed by atoms with E-state index in [0.717, 1.165) is 5.56 Å². The quantitative estimate of drug-likeness (QED) is 0.204. The molecule has 4 N–H and O–H groups in total. The average molecular weight is 559 g/mol. The number of methoxy groups -OCH3 is 3. The lowest BCUT2D eigenvalue weighted by Crippen LogP contribution is -2.11. The summed E-state index contributed by atoms with van der Waals surface area (Å²) < 4.78 is 21.8. The Morgan fingerprint density at radius 2 is 1.65 bits per heavy atom. The van der Waals surface area contributed by atoms with Crippen LogP contribution in [0, 0.1) is 6.92 Å². The number of aryl methyl sites for hydroxylation is 1. The summed E-state index contributed by atoms with van der Waals surface area (Å²) in [4.78, 5) is 22.1. The zero-order chi connectivity index (χ0) is 28.2. The third-order valence-electron chi connectivity index (χ3n) is 5.96. The first-order chi connectivity index (χ1) is 19.4. The highest BCUT2D eigenvalue weighted by Gasteiger charge is 2.20. The van der Waals surface area contributed by atoms with Crippen molar-refractivity contribution in [2.24, 2.45) is 0 Å². The van der Waals surface area contributed by atoms with Gasteiger partial charge in [0.15, 0.2) is 16.6 Å². The van der Waals surface area contributed by atoms with Gasteiger partial charge in [-0.2, -0.15) is 4.98 Å². The molecule has 5 rings (SSSR count). The van der Waals surface area contributed by atoms with E-state index in [9.17, 15) is 4.79 Å². The number of nitrogens with one attached hydrogen (secondary N) is 2. The second-order valence-electron chi connectivity index (χ2n) is 8.55. The molecule has 0 atom stereocenters. The number of aromatic nitrogens is 3. The molecule has 5 aromatic rings. The molecular weight excluding hydrogens is 532 g/mol. The number of nitrogens with zero attached hydrogens (tertiary/aromatic N) is 3. The van der Waals surface area contributed by atoms with Crippen molar-refractivity contribution < 1.29 is 23.5 Å². The lowest BCUT2D eigenvalue weighted by Gasteiger charge is -2.14. The Kier molecular flexibility index (Phi) is 7.51. The minimum Gasteiger partial charge on any atom is -0.493 e. The van der Waals surface area contributed by atoms with E-state index in [2.05, 4.69) is 25.8 Å². The van der Waals surface area contributed by atoms with E-state index in [1.807, 2.05) is 37.3 Å². The molecule has 0 aliphatic heterocycles. The first-order valence-electron chi connectivity index (χ1n) is 12.0. The van der Waals surface area contributed by atoms with Crippen LogP contribution in [0.15, 0.2) is 65.2 Å². The number of benzene rings is 3. The number of hydrogen-bond donors (Lipinski definition) is 3. The van der Waals surface area contributed by atoms with Gasteiger partial charge < -0.3 is 35.1 Å². The number of carbonyl (C=O) groups excluding carboxylic acids is 1. The molecule has 0 aliphatic rings. The molecule has 0 saturated heterocycles. The molecule has 0 radical (unpaired) electrons. The van der Waals surface area contributed by atoms with Crippen LogP contribution in [0.25, 0.3) is 22.2 Å². The normalized spacial score (nSPS) is 10.7. The average Bonchev–Trinajstić information content (AvgIpc) is 3.60. The summed E-state index contributed by atoms with van der Waals surface area (Å²) in [6.45, 7) is 1.93. The zero-order valence-corrected chi connectivity index (χ0v) is 23.0. The van der Waals surface area contributed by atoms with Gasteiger partial charge in [-0.05, 0) is 36.8 Å². The van der Waals surface area contributed by atoms with Gasteiger partial charge in [0.2, 0.25) is 11.6 Å². The Bertz CT molecular complexity index is 1640. The highest BCUT2D eigenvalue weighted by atomic mass is 32.1. The summed E-state index contributed by atoms with van der Waals surface area (Å²) in [5.41, 5.74) is 9.65. The molecule has 12 heteroatoms. The maximum absolute atomic E-state index is 12.6. The number of amides is 1. The largest absolute Gasteiger partial charge is 0.493 e. The van der Waals surface area contributed by atoms with Crippen LogP contribution < -0.4 is 30.6 Å². The number of nitrogen functional groups attached to an aromatic ring is 1. The molecule has 204 valence electrons. The fourth-order valence-corrected chi connectivity index (χ4v) is 4.80. The van der Waals surface area contributed by atoms with Gasteiger partial charge in [-0.3, -0.25) is 4.79 Å². The van der Waals surface area contributed by atoms with Crippen molar-refractivity contribution in [1.29, 1.82) is 0 Å². The lowest BCUT2D eigenvalue weighted by atomic mass is 10.1. The van der Waals surface area contributed by atoms with Crippen molar-refractivity contribution in [3.8, 4) is 39.4 Å². The molecule has 2 heterocycles. The minimum absolute atomic E-state index is 0.214. The van der Waals surface area contributed by atoms with Crippen LogP contribution in [0.3, 0.4) is 0 Å². The first-order valence-corrected chi connectivity index (χ1v) is 12.9. The Morgan fingerprint density at radius 1 is 0.925 bits per heavy atom. The number of anilines is 4. The zero-order valence-electron chi connectivity index (χ0n) is 22.1. The van der Waals surface area contributed by atoms with Crippen LogP contribution in [0.1, 0.15) is 15.9 Å². The van der Waals surface area contributed by atoms with Crippen LogP contribution in [0.5, 0.6) is 17.2 Å². The Hall–Kier alpha value is -5.10. The molecule has 40 heavy (non-hydrogen) atoms. The van der Waals surface area contributed by atoms with Crippen LogP contribution in [-0.4, -0.2) is 42.4 Å². The topological polar surface area (TPSA) is 147 Å². The predicted octanol–water partition coefficient (Wildman–Crippen LogP) is 5.77. The summed E-state index contributed by atoms with van der Waals surface area (Å²) >= 11 is 1.25. The molecule has 0 unspecified atom stereocenters. The fourth-order valence-electron chi connectivity index (χ4n) is 3.97. The smallest absolute Gasteiger partial charge is 0.272 e. The lowest BCUT2D eigenvalue weighted by molar-refractivity contribution is 0.102. The number of carbonyl (C=O) groups is 1. The van der Waals surface area contributed by atoms with Gasteiger partial charge in [-0.25, -0.2) is 4.98 Å². The van der Waals surface area contributed by atoms with Crippen LogP contribution in [0.4, 0.5) is 22.3 Å². The molecule has 2 aromatic heterocycles. The number of nitrogens with two attached hydrogens (primary N) is 1. The van der Waals surface area contributed by atoms with E-state index in [1.54, 1.807) is 51.7 Å². The maximum atomic E-state index is 12.6. The van der Waals surface area contributed by atoms with Gasteiger partial charge in [0.05, 0.1) is 21.3 Å². The van der Waals surface area contributed by atoms with E-state index in [-0.39, 0.29) is 17.6 Å². The van der Waals surface area contributed by atoms with Gasteiger partial charge in [-0.1, -0.05) is 40.8 Å². The molecule has 1 amide bonds. The van der Waals surface area contributed by atoms with E-state index in [4.69, 9.17) is 24.5 Å². The van der Waals surface area contributed by atoms with E-state index in [1.165, 1.54) is 11.3 Å². The fraction of sp³-hybridized carbons (Fsp3) is 0.143. The molecule has 0 spiro atoms. The molecular formula is C28H26N6O5S. The predicted molar refractivity (Wildman–Crippen MR) is 154 cm³/mol. The van der Waals surface area contributed by atoms with E-state index in [0.29, 0.717) is 55.6 Å². The summed E-state index contributed by atoms with van der Waals surface area (Å²) in [6.07, 6.45) is 0. The number of ether oxygens (including phenoxy) is 3. The maximum Gasteiger partial charge on any atom is 0.272 e. The summed E-state index contributed by atoms with van der Waals surface area (Å²) in [5.74, 6) is 2.06. The number of rotatable bonds is 9. The highest BCUT2D eigenvalue weighted by molar-refractivity contribution is 7.19. The second kappa shape index (κ2) is 11.3. The molecule has 0 saturated carbocycles. The minimum atomic E-state index is -0.214. The third kappa shape index (κ3) is 5.38. The van der Waals surface area contributed by atoms with Crippen molar-refractivity contribution in [3.63, 3.8) is 0 Å². The standard InChI is InChI=1S/C28H26N6O5S/c1-15-10-11-17(30-26(35)16-8-6-5-7-9-16)12-19(15)25-33-27(39-34-25)23-24(29)32-28(40-23)31-18-13-20(36-2)22(38-4)21(14-18)37-3/h5-14H,29H2,1-4H3,(H,30,35)(H,31,32). The van der Waals surface area contributed by atoms with E-state index < -0.39 is 0 Å². The monoisotopic (exact) mass is 558 g/mol. The number of thiazole rings is 1. The Morgan fingerprint density at radius 3 is 2.33 bits per heavy atom. The van der Waals surface area contributed by atoms with Gasteiger partial charge in [0, 0.05) is 34.6 Å². The summed E-state index contributed by atoms with van der Waals surface area (Å²) in [6, 6.07) is 18.0. The van der Waals surface area contributed by atoms with Crippen molar-refractivity contribution in [2.45, 2.75) is 6.92 Å². The SMILES string of the molecule is COc1cc(Nc2nc(N)c(-c3nc(-c4cc(NC(=O)c5ccccc5)ccc4C)no3)s2)cc(OC)c1OC. The molecule has 3 aromatic carbocycles. The Labute approximate surface area is 233 Å². The van der Waals surface area contributed by atoms with Gasteiger partial charge in [0.25, 0.3) is 11.8 Å². The van der Waals surface area contributed by atoms with Gasteiger partial charge >= 0.3 is 0 Å². The Balaban J connectivity index is 1.38. The molecule has 0 bridgehead atoms. The van der Waals surface area contributed by atoms with Crippen molar-refractivity contribution in [1.82, 2.24) is 15.1 Å². The summed E-state index contributed by atoms with van der Waals surface area (Å²) in [5, 5.41) is 10.8. The molecule has 0 fully saturated rings. The molecule has 0 aliphatic carbocycles. The van der Waals surface area contributed by atoms with Gasteiger partial charge in [0.1, 0.15) is 10.7 Å². The number of hydrogen-bond acceptors (Lipinski definition) is 11. The molecule has 11 nitrogen and oxygen atoms in total. The van der Waals surface area contributed by atoms with Crippen LogP contribution >= 0.6 is 11.3 Å². The third-order valence-corrected chi connectivity index (χ3v) is 6.94. The van der Waals surface area contributed by atoms with Crippen molar-refractivity contribution in [3.05, 3.63) is 71.8 Å². The summed E-state index contributed by atoms with van der Waals surface area (Å²) in [7, 11) is 4.63. The van der Waals surface area contributed by atoms with Crippen LogP contribution in [0.2, 0.25) is 0 Å². The van der Waals surface area contributed by atoms with Crippen molar-refractivity contribution in [2.75, 3.05) is 37.7 Å². The van der Waals surface area contributed by atoms with Crippen molar-refractivity contribution >= 4 is 39.6 Å².